The fourth-order valence-corrected chi connectivity index (χ4v) is 2.35. The van der Waals surface area contributed by atoms with E-state index in [0.29, 0.717) is 5.56 Å². The monoisotopic (exact) mass is 294 g/mol. The van der Waals surface area contributed by atoms with E-state index in [1.165, 1.54) is 12.1 Å². The van der Waals surface area contributed by atoms with Crippen LogP contribution in [0.25, 0.3) is 10.8 Å². The summed E-state index contributed by atoms with van der Waals surface area (Å²) in [6.45, 7) is 1.77. The molecule has 2 nitrogen and oxygen atoms in total. The number of esters is 1. The Kier molecular flexibility index (Phi) is 3.88. The van der Waals surface area contributed by atoms with Gasteiger partial charge in [0.25, 0.3) is 0 Å². The second kappa shape index (κ2) is 5.98. The van der Waals surface area contributed by atoms with Crippen molar-refractivity contribution in [3.8, 4) is 0 Å². The standard InChI is InChI=1S/C19H15FO2/c1-13(14-8-10-18(20)11-9-14)22-19(21)17-7-6-15-4-2-3-5-16(15)12-17/h2-13H,1H3/t13-/m0/s1. The third-order valence-corrected chi connectivity index (χ3v) is 3.61. The Bertz CT molecular complexity index is 809. The van der Waals surface area contributed by atoms with Gasteiger partial charge in [-0.25, -0.2) is 9.18 Å². The number of fused-ring (bicyclic) bond motifs is 1. The summed E-state index contributed by atoms with van der Waals surface area (Å²) in [7, 11) is 0. The molecule has 0 amide bonds. The average molecular weight is 294 g/mol. The molecule has 0 saturated carbocycles. The first-order chi connectivity index (χ1) is 10.6. The Morgan fingerprint density at radius 2 is 1.64 bits per heavy atom. The smallest absolute Gasteiger partial charge is 0.338 e. The minimum absolute atomic E-state index is 0.309. The van der Waals surface area contributed by atoms with Crippen LogP contribution in [-0.2, 0) is 4.74 Å². The van der Waals surface area contributed by atoms with Crippen molar-refractivity contribution in [1.29, 1.82) is 0 Å². The summed E-state index contributed by atoms with van der Waals surface area (Å²) in [5, 5.41) is 2.07. The number of hydrogen-bond donors (Lipinski definition) is 0. The van der Waals surface area contributed by atoms with E-state index in [9.17, 15) is 9.18 Å². The quantitative estimate of drug-likeness (QED) is 0.642. The van der Waals surface area contributed by atoms with Crippen LogP contribution >= 0.6 is 0 Å². The van der Waals surface area contributed by atoms with Gasteiger partial charge in [0, 0.05) is 0 Å². The third-order valence-electron chi connectivity index (χ3n) is 3.61. The van der Waals surface area contributed by atoms with Crippen LogP contribution in [0.3, 0.4) is 0 Å². The van der Waals surface area contributed by atoms with Gasteiger partial charge in [-0.3, -0.25) is 0 Å². The van der Waals surface area contributed by atoms with Gasteiger partial charge in [-0.15, -0.1) is 0 Å². The molecule has 0 aliphatic rings. The highest BCUT2D eigenvalue weighted by atomic mass is 19.1. The highest BCUT2D eigenvalue weighted by Gasteiger charge is 2.14. The van der Waals surface area contributed by atoms with Gasteiger partial charge < -0.3 is 4.74 Å². The molecule has 3 aromatic carbocycles. The first kappa shape index (κ1) is 14.3. The SMILES string of the molecule is C[C@H](OC(=O)c1ccc2ccccc2c1)c1ccc(F)cc1. The molecule has 0 aliphatic carbocycles. The summed E-state index contributed by atoms with van der Waals surface area (Å²) < 4.78 is 18.4. The lowest BCUT2D eigenvalue weighted by Crippen LogP contribution is -2.09. The van der Waals surface area contributed by atoms with Crippen LogP contribution in [0.2, 0.25) is 0 Å². The van der Waals surface area contributed by atoms with E-state index in [-0.39, 0.29) is 11.8 Å². The van der Waals surface area contributed by atoms with Gasteiger partial charge in [-0.1, -0.05) is 42.5 Å². The molecule has 0 radical (unpaired) electrons. The highest BCUT2D eigenvalue weighted by Crippen LogP contribution is 2.21. The summed E-state index contributed by atoms with van der Waals surface area (Å²) >= 11 is 0. The lowest BCUT2D eigenvalue weighted by molar-refractivity contribution is 0.0338. The Labute approximate surface area is 128 Å². The maximum Gasteiger partial charge on any atom is 0.338 e. The van der Waals surface area contributed by atoms with Crippen molar-refractivity contribution >= 4 is 16.7 Å². The Morgan fingerprint density at radius 1 is 0.955 bits per heavy atom. The molecule has 0 bridgehead atoms. The maximum atomic E-state index is 12.9. The van der Waals surface area contributed by atoms with Crippen molar-refractivity contribution in [3.63, 3.8) is 0 Å². The largest absolute Gasteiger partial charge is 0.454 e. The van der Waals surface area contributed by atoms with Gasteiger partial charge in [-0.2, -0.15) is 0 Å². The zero-order valence-electron chi connectivity index (χ0n) is 12.1. The minimum Gasteiger partial charge on any atom is -0.454 e. The number of halogens is 1. The Balaban J connectivity index is 1.79. The molecule has 110 valence electrons. The van der Waals surface area contributed by atoms with E-state index in [1.807, 2.05) is 36.4 Å². The van der Waals surface area contributed by atoms with Gasteiger partial charge in [0.15, 0.2) is 0 Å². The van der Waals surface area contributed by atoms with Crippen molar-refractivity contribution in [1.82, 2.24) is 0 Å². The summed E-state index contributed by atoms with van der Waals surface area (Å²) in [6, 6.07) is 19.2. The van der Waals surface area contributed by atoms with Crippen LogP contribution in [0.1, 0.15) is 28.9 Å². The second-order valence-corrected chi connectivity index (χ2v) is 5.16. The zero-order valence-corrected chi connectivity index (χ0v) is 12.1. The second-order valence-electron chi connectivity index (χ2n) is 5.16. The molecule has 1 atom stereocenters. The van der Waals surface area contributed by atoms with Crippen LogP contribution in [0, 0.1) is 5.82 Å². The number of rotatable bonds is 3. The van der Waals surface area contributed by atoms with Crippen LogP contribution in [0.15, 0.2) is 66.7 Å². The number of ether oxygens (including phenoxy) is 1. The van der Waals surface area contributed by atoms with E-state index in [4.69, 9.17) is 4.74 Å². The molecule has 0 aliphatic heterocycles. The first-order valence-corrected chi connectivity index (χ1v) is 7.09. The molecule has 0 heterocycles. The number of carbonyl (C=O) groups is 1. The molecule has 0 fully saturated rings. The molecule has 3 rings (SSSR count). The van der Waals surface area contributed by atoms with Gasteiger partial charge in [0.05, 0.1) is 5.56 Å². The van der Waals surface area contributed by atoms with E-state index >= 15 is 0 Å². The van der Waals surface area contributed by atoms with E-state index in [0.717, 1.165) is 16.3 Å². The predicted octanol–water partition coefficient (Wildman–Crippen LogP) is 4.90. The fourth-order valence-electron chi connectivity index (χ4n) is 2.35. The number of carbonyl (C=O) groups excluding carboxylic acids is 1. The van der Waals surface area contributed by atoms with Gasteiger partial charge in [0.1, 0.15) is 11.9 Å². The van der Waals surface area contributed by atoms with Crippen LogP contribution in [0.4, 0.5) is 4.39 Å². The van der Waals surface area contributed by atoms with E-state index < -0.39 is 6.10 Å². The maximum absolute atomic E-state index is 12.9. The van der Waals surface area contributed by atoms with Gasteiger partial charge in [0.2, 0.25) is 0 Å². The Morgan fingerprint density at radius 3 is 2.36 bits per heavy atom. The third kappa shape index (κ3) is 2.98. The molecular formula is C19H15FO2. The normalized spacial score (nSPS) is 12.1. The topological polar surface area (TPSA) is 26.3 Å². The predicted molar refractivity (Wildman–Crippen MR) is 84.2 cm³/mol. The Hall–Kier alpha value is -2.68. The lowest BCUT2D eigenvalue weighted by atomic mass is 10.1. The molecular weight excluding hydrogens is 279 g/mol. The van der Waals surface area contributed by atoms with E-state index in [1.54, 1.807) is 25.1 Å². The molecule has 0 N–H and O–H groups in total. The lowest BCUT2D eigenvalue weighted by Gasteiger charge is -2.14. The van der Waals surface area contributed by atoms with Crippen molar-refractivity contribution in [2.75, 3.05) is 0 Å². The van der Waals surface area contributed by atoms with Crippen LogP contribution in [0.5, 0.6) is 0 Å². The number of hydrogen-bond acceptors (Lipinski definition) is 2. The molecule has 0 unspecified atom stereocenters. The molecule has 0 aromatic heterocycles. The fraction of sp³-hybridized carbons (Fsp3) is 0.105. The first-order valence-electron chi connectivity index (χ1n) is 7.09. The summed E-state index contributed by atoms with van der Waals surface area (Å²) in [6.07, 6.45) is -0.431. The van der Waals surface area contributed by atoms with Crippen molar-refractivity contribution in [2.45, 2.75) is 13.0 Å². The molecule has 22 heavy (non-hydrogen) atoms. The van der Waals surface area contributed by atoms with Crippen LogP contribution < -0.4 is 0 Å². The highest BCUT2D eigenvalue weighted by molar-refractivity contribution is 5.95. The zero-order chi connectivity index (χ0) is 15.5. The van der Waals surface area contributed by atoms with Crippen LogP contribution in [-0.4, -0.2) is 5.97 Å². The summed E-state index contributed by atoms with van der Waals surface area (Å²) in [5.41, 5.74) is 1.27. The molecule has 0 saturated heterocycles. The molecule has 0 spiro atoms. The van der Waals surface area contributed by atoms with Crippen molar-refractivity contribution in [2.24, 2.45) is 0 Å². The minimum atomic E-state index is -0.431. The van der Waals surface area contributed by atoms with Crippen molar-refractivity contribution < 1.29 is 13.9 Å². The van der Waals surface area contributed by atoms with Gasteiger partial charge in [-0.05, 0) is 47.5 Å². The van der Waals surface area contributed by atoms with Crippen molar-refractivity contribution in [3.05, 3.63) is 83.7 Å². The number of benzene rings is 3. The summed E-state index contributed by atoms with van der Waals surface area (Å²) in [5.74, 6) is -0.695. The molecule has 3 aromatic rings. The molecule has 3 heteroatoms. The van der Waals surface area contributed by atoms with E-state index in [2.05, 4.69) is 0 Å². The average Bonchev–Trinajstić information content (AvgIpc) is 2.55. The van der Waals surface area contributed by atoms with Gasteiger partial charge >= 0.3 is 5.97 Å². The summed E-state index contributed by atoms with van der Waals surface area (Å²) in [4.78, 5) is 12.2.